The zero-order chi connectivity index (χ0) is 29.1. The number of aliphatic imine (C=N–C) groups is 1. The number of nitrogens with one attached hydrogen (secondary N) is 1. The Labute approximate surface area is 271 Å². The van der Waals surface area contributed by atoms with Gasteiger partial charge in [-0.25, -0.2) is 9.38 Å². The number of fused-ring (bicyclic) bond motifs is 1. The summed E-state index contributed by atoms with van der Waals surface area (Å²) in [4.78, 5) is 19.7. The number of ether oxygens (including phenoxy) is 1. The normalized spacial score (nSPS) is 15.2. The van der Waals surface area contributed by atoms with E-state index < -0.39 is 0 Å². The van der Waals surface area contributed by atoms with Crippen LogP contribution in [-0.2, 0) is 26.0 Å². The van der Waals surface area contributed by atoms with Gasteiger partial charge in [-0.1, -0.05) is 39.0 Å². The quantitative estimate of drug-likeness (QED) is 0.143. The first-order chi connectivity index (χ1) is 19.6. The number of halogens is 3. The largest absolute Gasteiger partial charge is 0.487 e. The number of hydrogen-bond acceptors (Lipinski definition) is 5. The molecule has 1 atom stereocenters. The van der Waals surface area contributed by atoms with Gasteiger partial charge in [0.2, 0.25) is 0 Å². The molecule has 4 aromatic rings. The third-order valence-corrected chi connectivity index (χ3v) is 9.98. The Morgan fingerprint density at radius 1 is 1.22 bits per heavy atom. The maximum absolute atomic E-state index is 14.3. The van der Waals surface area contributed by atoms with Crippen LogP contribution in [0.3, 0.4) is 0 Å². The van der Waals surface area contributed by atoms with Gasteiger partial charge < -0.3 is 14.5 Å². The van der Waals surface area contributed by atoms with Crippen molar-refractivity contribution in [3.63, 3.8) is 0 Å². The van der Waals surface area contributed by atoms with E-state index in [2.05, 4.69) is 71.3 Å². The summed E-state index contributed by atoms with van der Waals surface area (Å²) in [6.07, 6.45) is 6.20. The number of carbonyl (C=O) groups excluding carboxylic acids is 1. The molecule has 1 N–H and O–H groups in total. The number of nitrogens with zero attached hydrogens (tertiary/aromatic N) is 1. The highest BCUT2D eigenvalue weighted by molar-refractivity contribution is 14.1. The second-order valence-electron chi connectivity index (χ2n) is 11.2. The lowest BCUT2D eigenvalue weighted by Gasteiger charge is -2.33. The van der Waals surface area contributed by atoms with E-state index in [-0.39, 0.29) is 23.7 Å². The molecule has 41 heavy (non-hydrogen) atoms. The molecular weight excluding hydrogens is 765 g/mol. The highest BCUT2D eigenvalue weighted by atomic mass is 127. The maximum atomic E-state index is 14.3. The third kappa shape index (κ3) is 7.22. The molecule has 0 unspecified atom stereocenters. The number of thiophene rings is 1. The Kier molecular flexibility index (Phi) is 9.54. The summed E-state index contributed by atoms with van der Waals surface area (Å²) in [5, 5.41) is 3.72. The topological polar surface area (TPSA) is 63.8 Å². The van der Waals surface area contributed by atoms with Crippen molar-refractivity contribution in [2.75, 3.05) is 0 Å². The van der Waals surface area contributed by atoms with E-state index in [4.69, 9.17) is 14.1 Å². The summed E-state index contributed by atoms with van der Waals surface area (Å²) >= 11 is 6.10. The zero-order valence-electron chi connectivity index (χ0n) is 23.1. The number of amides is 1. The van der Waals surface area contributed by atoms with Gasteiger partial charge in [0.25, 0.3) is 5.91 Å². The average Bonchev–Trinajstić information content (AvgIpc) is 3.57. The first kappa shape index (κ1) is 30.2. The Bertz CT molecular complexity index is 1570. The van der Waals surface area contributed by atoms with Gasteiger partial charge >= 0.3 is 0 Å². The van der Waals surface area contributed by atoms with Gasteiger partial charge in [0.1, 0.15) is 28.9 Å². The minimum Gasteiger partial charge on any atom is -0.487 e. The molecule has 5 nitrogen and oxygen atoms in total. The van der Waals surface area contributed by atoms with E-state index in [1.807, 2.05) is 24.3 Å². The highest BCUT2D eigenvalue weighted by Crippen LogP contribution is 2.45. The molecule has 1 aliphatic rings. The van der Waals surface area contributed by atoms with Crippen LogP contribution in [-0.4, -0.2) is 12.1 Å². The first-order valence-electron chi connectivity index (χ1n) is 13.4. The van der Waals surface area contributed by atoms with Crippen LogP contribution in [0.4, 0.5) is 9.39 Å². The molecule has 0 fully saturated rings. The lowest BCUT2D eigenvalue weighted by molar-refractivity contribution is 0.0947. The standard InChI is InChI=1S/C32H31FI2N2O3S/c1-32(2,3)21-10-11-24-27(14-21)41-31(28(24)30(38)36-17-23-8-6-12-39-23)37-16-20-13-22(34)15-26(35)29(20)40-18-19-7-4-5-9-25(19)33/h4-9,12-13,15-16,21H,10-11,14,17-18H2,1-3H3,(H,36,38)/t21-/m1/s1. The minimum absolute atomic E-state index is 0.103. The average molecular weight is 796 g/mol. The fourth-order valence-electron chi connectivity index (χ4n) is 5.03. The number of benzene rings is 2. The second-order valence-corrected chi connectivity index (χ2v) is 14.7. The van der Waals surface area contributed by atoms with Crippen LogP contribution in [0.5, 0.6) is 5.75 Å². The molecule has 0 radical (unpaired) electrons. The molecule has 214 valence electrons. The Balaban J connectivity index is 1.48. The number of hydrogen-bond donors (Lipinski definition) is 1. The molecule has 5 rings (SSSR count). The van der Waals surface area contributed by atoms with Crippen LogP contribution < -0.4 is 10.1 Å². The monoisotopic (exact) mass is 796 g/mol. The van der Waals surface area contributed by atoms with E-state index in [1.165, 1.54) is 10.9 Å². The first-order valence-corrected chi connectivity index (χ1v) is 16.4. The van der Waals surface area contributed by atoms with E-state index in [0.717, 1.165) is 37.5 Å². The van der Waals surface area contributed by atoms with Crippen LogP contribution in [0.25, 0.3) is 0 Å². The highest BCUT2D eigenvalue weighted by Gasteiger charge is 2.33. The van der Waals surface area contributed by atoms with E-state index in [0.29, 0.717) is 40.1 Å². The predicted octanol–water partition coefficient (Wildman–Crippen LogP) is 9.10. The van der Waals surface area contributed by atoms with Gasteiger partial charge in [0, 0.05) is 25.8 Å². The zero-order valence-corrected chi connectivity index (χ0v) is 28.2. The van der Waals surface area contributed by atoms with Crippen molar-refractivity contribution in [3.05, 3.63) is 101 Å². The third-order valence-electron chi connectivity index (χ3n) is 7.39. The molecule has 0 spiro atoms. The second kappa shape index (κ2) is 12.9. The van der Waals surface area contributed by atoms with Crippen molar-refractivity contribution in [2.45, 2.75) is 53.2 Å². The van der Waals surface area contributed by atoms with E-state index in [9.17, 15) is 9.18 Å². The summed E-state index contributed by atoms with van der Waals surface area (Å²) in [6, 6.07) is 14.3. The fourth-order valence-corrected chi connectivity index (χ4v) is 8.34. The summed E-state index contributed by atoms with van der Waals surface area (Å²) in [7, 11) is 0. The number of rotatable bonds is 8. The predicted molar refractivity (Wildman–Crippen MR) is 179 cm³/mol. The van der Waals surface area contributed by atoms with E-state index >= 15 is 0 Å². The molecule has 2 aromatic heterocycles. The van der Waals surface area contributed by atoms with Crippen molar-refractivity contribution < 1.29 is 18.3 Å². The Hall–Kier alpha value is -2.25. The molecule has 9 heteroatoms. The van der Waals surface area contributed by atoms with Gasteiger partial charge in [-0.15, -0.1) is 11.3 Å². The SMILES string of the molecule is CC(C)(C)[C@@H]1CCc2c(sc(N=Cc3cc(I)cc(I)c3OCc3ccccc3F)c2C(=O)NCc2ccco2)C1. The Morgan fingerprint density at radius 3 is 2.76 bits per heavy atom. The van der Waals surface area contributed by atoms with Crippen LogP contribution in [0.15, 0.2) is 64.2 Å². The van der Waals surface area contributed by atoms with Crippen molar-refractivity contribution in [1.29, 1.82) is 0 Å². The molecule has 0 aliphatic heterocycles. The number of furan rings is 1. The molecule has 0 bridgehead atoms. The Morgan fingerprint density at radius 2 is 2.02 bits per heavy atom. The van der Waals surface area contributed by atoms with Crippen LogP contribution in [0, 0.1) is 24.3 Å². The minimum atomic E-state index is -0.300. The van der Waals surface area contributed by atoms with Crippen molar-refractivity contribution >= 4 is 73.6 Å². The smallest absolute Gasteiger partial charge is 0.255 e. The van der Waals surface area contributed by atoms with Crippen LogP contribution in [0.2, 0.25) is 0 Å². The lowest BCUT2D eigenvalue weighted by atomic mass is 9.72. The van der Waals surface area contributed by atoms with Crippen molar-refractivity contribution in [3.8, 4) is 5.75 Å². The van der Waals surface area contributed by atoms with Gasteiger partial charge in [0.05, 0.1) is 21.9 Å². The van der Waals surface area contributed by atoms with Gasteiger partial charge in [0.15, 0.2) is 0 Å². The van der Waals surface area contributed by atoms with Gasteiger partial charge in [-0.3, -0.25) is 4.79 Å². The number of carbonyl (C=O) groups is 1. The molecule has 0 saturated heterocycles. The maximum Gasteiger partial charge on any atom is 0.255 e. The lowest BCUT2D eigenvalue weighted by Crippen LogP contribution is -2.28. The van der Waals surface area contributed by atoms with E-state index in [1.54, 1.807) is 42.0 Å². The van der Waals surface area contributed by atoms with Crippen molar-refractivity contribution in [1.82, 2.24) is 5.32 Å². The molecule has 1 aliphatic carbocycles. The molecule has 2 heterocycles. The fraction of sp³-hybridized carbons (Fsp3) is 0.312. The molecular formula is C32H31FI2N2O3S. The summed E-state index contributed by atoms with van der Waals surface area (Å²) in [6.45, 7) is 7.27. The van der Waals surface area contributed by atoms with Gasteiger partial charge in [-0.2, -0.15) is 0 Å². The van der Waals surface area contributed by atoms with Crippen molar-refractivity contribution in [2.24, 2.45) is 16.3 Å². The van der Waals surface area contributed by atoms with Gasteiger partial charge in [-0.05, 0) is 112 Å². The van der Waals surface area contributed by atoms with Crippen LogP contribution in [0.1, 0.15) is 64.9 Å². The summed E-state index contributed by atoms with van der Waals surface area (Å²) in [5.41, 5.74) is 3.20. The molecule has 1 amide bonds. The molecule has 2 aromatic carbocycles. The van der Waals surface area contributed by atoms with Crippen LogP contribution >= 0.6 is 56.5 Å². The summed E-state index contributed by atoms with van der Waals surface area (Å²) < 4.78 is 27.8. The molecule has 0 saturated carbocycles. The summed E-state index contributed by atoms with van der Waals surface area (Å²) in [5.74, 6) is 1.43.